The summed E-state index contributed by atoms with van der Waals surface area (Å²) in [5, 5.41) is 25.0. The molecule has 0 saturated heterocycles. The molecule has 118 heavy (non-hydrogen) atoms. The van der Waals surface area contributed by atoms with E-state index in [0.717, 1.165) is 34.1 Å². The predicted molar refractivity (Wildman–Crippen MR) is 492 cm³/mol. The molecule has 24 rings (SSSR count). The Balaban J connectivity index is 0.000000119. The minimum Gasteiger partial charge on any atom is -0.423 e. The molecule has 6 heteroatoms. The van der Waals surface area contributed by atoms with Gasteiger partial charge in [0.1, 0.15) is 0 Å². The van der Waals surface area contributed by atoms with Gasteiger partial charge >= 0.3 is 7.12 Å². The normalized spacial score (nSPS) is 14.5. The molecule has 2 saturated carbocycles. The van der Waals surface area contributed by atoms with E-state index in [2.05, 4.69) is 408 Å². The van der Waals surface area contributed by atoms with Gasteiger partial charge in [-0.15, -0.1) is 0 Å². The van der Waals surface area contributed by atoms with Crippen molar-refractivity contribution in [1.29, 1.82) is 0 Å². The molecule has 0 heterocycles. The van der Waals surface area contributed by atoms with E-state index in [4.69, 9.17) is 0 Å². The van der Waals surface area contributed by atoms with Crippen LogP contribution in [0.15, 0.2) is 429 Å². The largest absolute Gasteiger partial charge is 0.488 e. The van der Waals surface area contributed by atoms with E-state index in [1.165, 1.54) is 174 Å². The Morgan fingerprint density at radius 1 is 0.229 bits per heavy atom. The fourth-order valence-corrected chi connectivity index (χ4v) is 21.2. The van der Waals surface area contributed by atoms with E-state index in [1.807, 2.05) is 30.3 Å². The first-order valence-electron chi connectivity index (χ1n) is 41.2. The Morgan fingerprint density at radius 2 is 0.534 bits per heavy atom. The molecule has 18 aromatic rings. The molecule has 6 aliphatic rings. The summed E-state index contributed by atoms with van der Waals surface area (Å²) in [4.78, 5) is 4.63. The molecule has 4 nitrogen and oxygen atoms in total. The maximum atomic E-state index is 9.69. The second-order valence-electron chi connectivity index (χ2n) is 32.4. The fourth-order valence-electron chi connectivity index (χ4n) is 20.8. The molecule has 18 aromatic carbocycles. The average molecular weight is 1580 g/mol. The van der Waals surface area contributed by atoms with Gasteiger partial charge in [0.15, 0.2) is 0 Å². The van der Waals surface area contributed by atoms with Gasteiger partial charge in [-0.1, -0.05) is 350 Å². The van der Waals surface area contributed by atoms with Crippen molar-refractivity contribution < 1.29 is 10.0 Å². The van der Waals surface area contributed by atoms with Crippen LogP contribution >= 0.6 is 15.9 Å². The summed E-state index contributed by atoms with van der Waals surface area (Å²) in [6, 6.07) is 154. The highest BCUT2D eigenvalue weighted by molar-refractivity contribution is 9.10. The van der Waals surface area contributed by atoms with Crippen molar-refractivity contribution in [3.63, 3.8) is 0 Å². The zero-order chi connectivity index (χ0) is 78.7. The van der Waals surface area contributed by atoms with Gasteiger partial charge in [0.2, 0.25) is 0 Å². The lowest BCUT2D eigenvalue weighted by molar-refractivity contribution is 0.426. The topological polar surface area (TPSA) is 46.9 Å². The van der Waals surface area contributed by atoms with E-state index in [1.54, 1.807) is 12.1 Å². The Bertz CT molecular complexity index is 6820. The first-order chi connectivity index (χ1) is 58.2. The summed E-state index contributed by atoms with van der Waals surface area (Å²) in [7, 11) is -1.51. The van der Waals surface area contributed by atoms with Crippen molar-refractivity contribution in [3.8, 4) is 55.6 Å². The second kappa shape index (κ2) is 28.5. The number of rotatable bonds is 12. The van der Waals surface area contributed by atoms with Crippen molar-refractivity contribution in [1.82, 2.24) is 0 Å². The molecule has 0 unspecified atom stereocenters. The summed E-state index contributed by atoms with van der Waals surface area (Å²) in [6.45, 7) is 0. The van der Waals surface area contributed by atoms with Gasteiger partial charge in [-0.3, -0.25) is 0 Å². The van der Waals surface area contributed by atoms with Gasteiger partial charge in [0.25, 0.3) is 0 Å². The molecular formula is C112H80BBrN2O2. The third-order valence-electron chi connectivity index (χ3n) is 26.3. The van der Waals surface area contributed by atoms with Gasteiger partial charge < -0.3 is 19.8 Å². The molecule has 0 bridgehead atoms. The number of hydrogen-bond donors (Lipinski definition) is 2. The highest BCUT2D eigenvalue weighted by atomic mass is 79.9. The lowest BCUT2D eigenvalue weighted by Gasteiger charge is -2.35. The van der Waals surface area contributed by atoms with E-state index in [-0.39, 0.29) is 10.8 Å². The van der Waals surface area contributed by atoms with Gasteiger partial charge in [0, 0.05) is 49.4 Å². The van der Waals surface area contributed by atoms with Crippen molar-refractivity contribution >= 4 is 84.2 Å². The van der Waals surface area contributed by atoms with Crippen LogP contribution in [0.5, 0.6) is 0 Å². The minimum atomic E-state index is -1.51. The number of nitrogens with zero attached hydrogens (tertiary/aromatic N) is 2. The highest BCUT2D eigenvalue weighted by Crippen LogP contribution is 2.65. The first kappa shape index (κ1) is 71.1. The van der Waals surface area contributed by atoms with E-state index in [9.17, 15) is 10.0 Å². The molecule has 0 radical (unpaired) electrons. The van der Waals surface area contributed by atoms with E-state index >= 15 is 0 Å². The quantitative estimate of drug-likeness (QED) is 0.120. The Hall–Kier alpha value is -13.5. The van der Waals surface area contributed by atoms with E-state index < -0.39 is 17.9 Å². The number of benzene rings is 18. The van der Waals surface area contributed by atoms with Crippen LogP contribution in [0.1, 0.15) is 92.4 Å². The molecule has 2 fully saturated rings. The molecule has 0 aliphatic heterocycles. The number of anilines is 6. The maximum absolute atomic E-state index is 9.69. The molecule has 0 atom stereocenters. The summed E-state index contributed by atoms with van der Waals surface area (Å²) in [5.74, 6) is 0. The third-order valence-corrected chi connectivity index (χ3v) is 26.8. The van der Waals surface area contributed by atoms with E-state index in [0.29, 0.717) is 5.46 Å². The van der Waals surface area contributed by atoms with Gasteiger partial charge in [-0.05, 0) is 266 Å². The lowest BCUT2D eigenvalue weighted by Crippen LogP contribution is -2.29. The third kappa shape index (κ3) is 11.3. The second-order valence-corrected chi connectivity index (χ2v) is 33.3. The molecule has 0 aromatic heterocycles. The smallest absolute Gasteiger partial charge is 0.423 e. The molecule has 0 amide bonds. The van der Waals surface area contributed by atoms with Crippen LogP contribution in [-0.2, 0) is 21.7 Å². The first-order valence-corrected chi connectivity index (χ1v) is 42.0. The molecule has 2 spiro atoms. The van der Waals surface area contributed by atoms with Crippen molar-refractivity contribution in [2.24, 2.45) is 0 Å². The Morgan fingerprint density at radius 3 is 0.949 bits per heavy atom. The SMILES string of the molecule is Brc1ccc2c(c1)C1(CC1)c1cccc3cccc-2c13.OB(O)c1ccc(N(c2ccccc2)c2ccc3c(c2)C(c2ccccc2)(c2ccccc2)c2ccccc2-3)cc1.c1ccc(N(c2ccc(-c3ccc4c(c3)C3(CC3)c3cccc5cccc-4c35)cc2)c2ccc3c(c2)C(c2ccccc2)(c2ccccc2)c2ccccc2-3)cc1. The van der Waals surface area contributed by atoms with Gasteiger partial charge in [-0.2, -0.15) is 0 Å². The summed E-state index contributed by atoms with van der Waals surface area (Å²) in [6.07, 6.45) is 4.99. The van der Waals surface area contributed by atoms with Crippen LogP contribution in [0, 0.1) is 0 Å². The molecular weight excluding hydrogens is 1500 g/mol. The van der Waals surface area contributed by atoms with Gasteiger partial charge in [0.05, 0.1) is 10.8 Å². The number of fused-ring (bicyclic) bond motifs is 14. The summed E-state index contributed by atoms with van der Waals surface area (Å²) in [5.41, 5.74) is 35.6. The molecule has 6 aliphatic carbocycles. The number of hydrogen-bond acceptors (Lipinski definition) is 4. The molecule has 2 N–H and O–H groups in total. The molecule has 560 valence electrons. The standard InChI is InChI=1S/C56H39N.C37H28BNO2.C19H13Br/c1-4-16-41(17-5-1)56(42-18-6-2-7-19-42)50-24-11-10-22-46(50)47-33-31-45(37-53(47)56)57(43-20-8-3-9-21-43)44-29-26-38(27-30-44)40-28-32-48-49-23-12-14-39-15-13-25-51(54(39)49)55(34-35-55)52(48)36-40;40-38(41)29-20-22-31(23-21-29)39(30-16-8-3-9-17-30)32-24-25-34-33-18-10-11-19-35(33)37(36(34)26-32,27-12-4-1-5-13-27)28-14-6-2-7-15-28;20-13-7-8-14-15-5-1-3-12-4-2-6-16(18(12)15)19(9-10-19)17(14)11-13/h1-33,36-37H,34-35H2;1-26,40-41H;1-8,11H,9-10H2. The zero-order valence-electron chi connectivity index (χ0n) is 65.0. The minimum absolute atomic E-state index is 0.130. The van der Waals surface area contributed by atoms with Crippen molar-refractivity contribution in [2.45, 2.75) is 47.3 Å². The Kier molecular flexibility index (Phi) is 17.2. The van der Waals surface area contributed by atoms with Gasteiger partial charge in [-0.25, -0.2) is 0 Å². The zero-order valence-corrected chi connectivity index (χ0v) is 66.6. The number of para-hydroxylation sites is 2. The lowest BCUT2D eigenvalue weighted by atomic mass is 9.67. The predicted octanol–water partition coefficient (Wildman–Crippen LogP) is 27.3. The van der Waals surface area contributed by atoms with Crippen molar-refractivity contribution in [3.05, 3.63) is 496 Å². The monoisotopic (exact) mass is 1570 g/mol. The van der Waals surface area contributed by atoms with Crippen LogP contribution < -0.4 is 15.3 Å². The van der Waals surface area contributed by atoms with Crippen LogP contribution in [0.25, 0.3) is 77.2 Å². The number of halogens is 1. The maximum Gasteiger partial charge on any atom is 0.488 e. The van der Waals surface area contributed by atoms with Crippen LogP contribution in [0.2, 0.25) is 0 Å². The highest BCUT2D eigenvalue weighted by Gasteiger charge is 2.53. The summed E-state index contributed by atoms with van der Waals surface area (Å²) >= 11 is 3.65. The van der Waals surface area contributed by atoms with Crippen LogP contribution in [0.4, 0.5) is 34.1 Å². The van der Waals surface area contributed by atoms with Crippen molar-refractivity contribution in [2.75, 3.05) is 9.80 Å². The van der Waals surface area contributed by atoms with Crippen LogP contribution in [-0.4, -0.2) is 17.2 Å². The summed E-state index contributed by atoms with van der Waals surface area (Å²) < 4.78 is 1.19. The Labute approximate surface area is 697 Å². The fraction of sp³-hybridized carbons (Fsp3) is 0.0714. The van der Waals surface area contributed by atoms with Crippen LogP contribution in [0.3, 0.4) is 0 Å². The average Bonchev–Trinajstić information content (AvgIpc) is 1.52.